The van der Waals surface area contributed by atoms with Gasteiger partial charge in [0.1, 0.15) is 5.52 Å². The number of carbonyl (C=O) groups excluding carboxylic acids is 1. The molecule has 1 atom stereocenters. The lowest BCUT2D eigenvalue weighted by molar-refractivity contribution is 0.0940. The maximum Gasteiger partial charge on any atom is 0.253 e. The van der Waals surface area contributed by atoms with Crippen molar-refractivity contribution < 1.29 is 9.18 Å². The number of aryl methyl sites for hydroxylation is 1. The van der Waals surface area contributed by atoms with E-state index in [0.717, 1.165) is 23.4 Å². The fourth-order valence-electron chi connectivity index (χ4n) is 3.98. The lowest BCUT2D eigenvalue weighted by atomic mass is 9.91. The summed E-state index contributed by atoms with van der Waals surface area (Å²) in [5.41, 5.74) is 5.39. The first-order valence-electron chi connectivity index (χ1n) is 9.68. The quantitative estimate of drug-likeness (QED) is 0.500. The summed E-state index contributed by atoms with van der Waals surface area (Å²) in [5, 5.41) is 3.66. The molecule has 7 heteroatoms. The highest BCUT2D eigenvalue weighted by molar-refractivity contribution is 6.30. The van der Waals surface area contributed by atoms with Crippen molar-refractivity contribution in [3.63, 3.8) is 0 Å². The lowest BCUT2D eigenvalue weighted by Crippen LogP contribution is -2.35. The molecular formula is C23H18ClFN4O. The van der Waals surface area contributed by atoms with Gasteiger partial charge in [0.2, 0.25) is 5.95 Å². The van der Waals surface area contributed by atoms with Crippen molar-refractivity contribution >= 4 is 28.5 Å². The van der Waals surface area contributed by atoms with E-state index in [-0.39, 0.29) is 17.5 Å². The molecule has 2 aromatic heterocycles. The van der Waals surface area contributed by atoms with Gasteiger partial charge in [-0.3, -0.25) is 4.79 Å². The molecule has 0 bridgehead atoms. The Kier molecular flexibility index (Phi) is 4.51. The second-order valence-corrected chi connectivity index (χ2v) is 7.96. The summed E-state index contributed by atoms with van der Waals surface area (Å²) in [4.78, 5) is 24.3. The van der Waals surface area contributed by atoms with Crippen molar-refractivity contribution in [2.45, 2.75) is 19.3 Å². The van der Waals surface area contributed by atoms with E-state index < -0.39 is 5.95 Å². The number of aromatic nitrogens is 3. The van der Waals surface area contributed by atoms with Gasteiger partial charge in [0.15, 0.2) is 0 Å². The number of nitrogens with one attached hydrogen (secondary N) is 2. The van der Waals surface area contributed by atoms with Gasteiger partial charge in [-0.1, -0.05) is 35.9 Å². The average Bonchev–Trinajstić information content (AvgIpc) is 3.18. The van der Waals surface area contributed by atoms with Crippen LogP contribution in [0, 0.1) is 12.9 Å². The Hall–Kier alpha value is -3.25. The van der Waals surface area contributed by atoms with Crippen LogP contribution in [0.3, 0.4) is 0 Å². The predicted octanol–water partition coefficient (Wildman–Crippen LogP) is 4.80. The molecule has 5 rings (SSSR count). The molecule has 1 aliphatic rings. The Morgan fingerprint density at radius 3 is 2.73 bits per heavy atom. The molecular weight excluding hydrogens is 403 g/mol. The van der Waals surface area contributed by atoms with Gasteiger partial charge in [-0.15, -0.1) is 0 Å². The minimum atomic E-state index is -0.593. The molecule has 2 N–H and O–H groups in total. The van der Waals surface area contributed by atoms with E-state index in [1.165, 1.54) is 0 Å². The van der Waals surface area contributed by atoms with Gasteiger partial charge in [-0.2, -0.15) is 4.39 Å². The van der Waals surface area contributed by atoms with E-state index in [1.54, 1.807) is 13.0 Å². The first-order valence-corrected chi connectivity index (χ1v) is 10.1. The highest BCUT2D eigenvalue weighted by Crippen LogP contribution is 2.33. The first kappa shape index (κ1) is 18.8. The van der Waals surface area contributed by atoms with E-state index in [0.29, 0.717) is 33.7 Å². The maximum absolute atomic E-state index is 14.1. The number of nitrogens with zero attached hydrogens (tertiary/aromatic N) is 2. The number of benzene rings is 2. The topological polar surface area (TPSA) is 70.7 Å². The molecule has 150 valence electrons. The third kappa shape index (κ3) is 3.23. The van der Waals surface area contributed by atoms with Gasteiger partial charge < -0.3 is 10.3 Å². The van der Waals surface area contributed by atoms with Gasteiger partial charge in [0, 0.05) is 34.4 Å². The maximum atomic E-state index is 14.1. The summed E-state index contributed by atoms with van der Waals surface area (Å²) in [6.07, 6.45) is 0.758. The summed E-state index contributed by atoms with van der Waals surface area (Å²) in [7, 11) is 0. The minimum Gasteiger partial charge on any atom is -0.357 e. The Balaban J connectivity index is 1.58. The molecule has 0 spiro atoms. The molecule has 4 aromatic rings. The number of fused-ring (bicyclic) bond motifs is 2. The van der Waals surface area contributed by atoms with Crippen LogP contribution in [0.4, 0.5) is 4.39 Å². The average molecular weight is 421 g/mol. The van der Waals surface area contributed by atoms with Crippen LogP contribution in [0.25, 0.3) is 22.3 Å². The van der Waals surface area contributed by atoms with Crippen LogP contribution in [0.5, 0.6) is 0 Å². The molecule has 1 unspecified atom stereocenters. The number of H-pyrrole nitrogens is 1. The number of para-hydroxylation sites is 1. The van der Waals surface area contributed by atoms with Gasteiger partial charge >= 0.3 is 0 Å². The summed E-state index contributed by atoms with van der Waals surface area (Å²) in [6.45, 7) is 2.13. The van der Waals surface area contributed by atoms with Crippen molar-refractivity contribution in [3.05, 3.63) is 82.0 Å². The van der Waals surface area contributed by atoms with Crippen molar-refractivity contribution in [2.75, 3.05) is 6.54 Å². The normalized spacial score (nSPS) is 15.8. The second-order valence-electron chi connectivity index (χ2n) is 7.52. The Morgan fingerprint density at radius 1 is 1.13 bits per heavy atom. The molecule has 0 saturated heterocycles. The van der Waals surface area contributed by atoms with E-state index in [4.69, 9.17) is 11.6 Å². The highest BCUT2D eigenvalue weighted by Gasteiger charge is 2.28. The molecule has 30 heavy (non-hydrogen) atoms. The monoisotopic (exact) mass is 420 g/mol. The van der Waals surface area contributed by atoms with Crippen molar-refractivity contribution in [1.29, 1.82) is 0 Å². The third-order valence-electron chi connectivity index (χ3n) is 5.51. The van der Waals surface area contributed by atoms with Crippen molar-refractivity contribution in [3.8, 4) is 11.3 Å². The lowest BCUT2D eigenvalue weighted by Gasteiger charge is -2.23. The minimum absolute atomic E-state index is 0.0904. The van der Waals surface area contributed by atoms with Crippen LogP contribution in [-0.4, -0.2) is 27.4 Å². The number of rotatable bonds is 3. The molecule has 2 aromatic carbocycles. The van der Waals surface area contributed by atoms with E-state index >= 15 is 0 Å². The van der Waals surface area contributed by atoms with Gasteiger partial charge in [0.05, 0.1) is 16.8 Å². The van der Waals surface area contributed by atoms with Crippen molar-refractivity contribution in [2.24, 2.45) is 0 Å². The molecule has 5 nitrogen and oxygen atoms in total. The largest absolute Gasteiger partial charge is 0.357 e. The molecule has 1 aliphatic heterocycles. The summed E-state index contributed by atoms with van der Waals surface area (Å²) in [6, 6.07) is 15.0. The zero-order valence-electron chi connectivity index (χ0n) is 16.2. The predicted molar refractivity (Wildman–Crippen MR) is 114 cm³/mol. The van der Waals surface area contributed by atoms with Crippen molar-refractivity contribution in [1.82, 2.24) is 20.3 Å². The summed E-state index contributed by atoms with van der Waals surface area (Å²) < 4.78 is 14.1. The van der Waals surface area contributed by atoms with Crippen LogP contribution < -0.4 is 5.32 Å². The first-order chi connectivity index (χ1) is 14.5. The number of hydrogen-bond donors (Lipinski definition) is 2. The fraction of sp³-hybridized carbons (Fsp3) is 0.174. The second kappa shape index (κ2) is 7.22. The molecule has 0 aliphatic carbocycles. The van der Waals surface area contributed by atoms with E-state index in [2.05, 4.69) is 20.3 Å². The zero-order chi connectivity index (χ0) is 20.8. The Bertz CT molecular complexity index is 1280. The van der Waals surface area contributed by atoms with Gasteiger partial charge in [-0.25, -0.2) is 9.97 Å². The number of aromatic amines is 1. The Labute approximate surface area is 177 Å². The van der Waals surface area contributed by atoms with Crippen LogP contribution >= 0.6 is 11.6 Å². The summed E-state index contributed by atoms with van der Waals surface area (Å²) >= 11 is 5.99. The van der Waals surface area contributed by atoms with E-state index in [1.807, 2.05) is 42.5 Å². The van der Waals surface area contributed by atoms with Crippen LogP contribution in [-0.2, 0) is 6.42 Å². The molecule has 0 saturated carbocycles. The Morgan fingerprint density at radius 2 is 1.93 bits per heavy atom. The van der Waals surface area contributed by atoms with Gasteiger partial charge in [0.25, 0.3) is 5.91 Å². The number of carbonyl (C=O) groups is 1. The SMILES string of the molecule is Cc1nc2cccc(-c3cc4c([nH]3)C(Cc3ccc(Cl)cc3)CNC4=O)c2nc1F. The fourth-order valence-corrected chi connectivity index (χ4v) is 4.11. The van der Waals surface area contributed by atoms with Crippen LogP contribution in [0.15, 0.2) is 48.5 Å². The van der Waals surface area contributed by atoms with E-state index in [9.17, 15) is 9.18 Å². The van der Waals surface area contributed by atoms with Crippen LogP contribution in [0.1, 0.15) is 33.2 Å². The number of hydrogen-bond acceptors (Lipinski definition) is 3. The molecule has 0 fully saturated rings. The summed E-state index contributed by atoms with van der Waals surface area (Å²) in [5.74, 6) is -0.620. The van der Waals surface area contributed by atoms with Gasteiger partial charge in [-0.05, 0) is 43.2 Å². The number of amides is 1. The molecule has 0 radical (unpaired) electrons. The standard InChI is InChI=1S/C23H18ClFN4O/c1-12-22(25)29-21-16(3-2-4-18(21)27-12)19-10-17-20(28-19)14(11-26-23(17)30)9-13-5-7-15(24)8-6-13/h2-8,10,14,28H,9,11H2,1H3,(H,26,30). The molecule has 1 amide bonds. The molecule has 3 heterocycles. The number of halogens is 2. The smallest absolute Gasteiger partial charge is 0.253 e. The highest BCUT2D eigenvalue weighted by atomic mass is 35.5. The third-order valence-corrected chi connectivity index (χ3v) is 5.76. The van der Waals surface area contributed by atoms with Crippen LogP contribution in [0.2, 0.25) is 5.02 Å². The zero-order valence-corrected chi connectivity index (χ0v) is 16.9.